The van der Waals surface area contributed by atoms with Crippen LogP contribution in [-0.4, -0.2) is 39.0 Å². The highest BCUT2D eigenvalue weighted by Crippen LogP contribution is 2.32. The van der Waals surface area contributed by atoms with Crippen LogP contribution in [0.4, 0.5) is 4.39 Å². The number of hydrogen-bond donors (Lipinski definition) is 1. The van der Waals surface area contributed by atoms with Crippen molar-refractivity contribution < 1.29 is 14.2 Å². The second-order valence-corrected chi connectivity index (χ2v) is 8.78. The summed E-state index contributed by atoms with van der Waals surface area (Å²) in [6.45, 7) is 11.9. The maximum atomic E-state index is 13.9. The highest BCUT2D eigenvalue weighted by atomic mass is 19.1. The first-order chi connectivity index (χ1) is 15.9. The molecule has 0 aliphatic heterocycles. The molecule has 1 aromatic heterocycles. The van der Waals surface area contributed by atoms with E-state index in [1.807, 2.05) is 43.3 Å². The summed E-state index contributed by atoms with van der Waals surface area (Å²) in [6.07, 6.45) is 2.83. The molecule has 1 heterocycles. The van der Waals surface area contributed by atoms with Gasteiger partial charge in [-0.2, -0.15) is 5.10 Å². The van der Waals surface area contributed by atoms with Gasteiger partial charge in [-0.05, 0) is 49.9 Å². The number of ether oxygens (including phenoxy) is 1. The molecule has 3 rings (SSSR count). The van der Waals surface area contributed by atoms with E-state index in [1.54, 1.807) is 16.8 Å². The summed E-state index contributed by atoms with van der Waals surface area (Å²) in [4.78, 5) is 2.23. The molecule has 6 heteroatoms. The monoisotopic (exact) mass is 451 g/mol. The summed E-state index contributed by atoms with van der Waals surface area (Å²) in [5.41, 5.74) is 2.61. The number of hydrogen-bond acceptors (Lipinski definition) is 4. The Labute approximate surface area is 196 Å². The summed E-state index contributed by atoms with van der Waals surface area (Å²) >= 11 is 0. The van der Waals surface area contributed by atoms with Gasteiger partial charge in [0.05, 0.1) is 23.0 Å². The maximum Gasteiger partial charge on any atom is 0.227 e. The van der Waals surface area contributed by atoms with E-state index >= 15 is 0 Å². The van der Waals surface area contributed by atoms with Crippen molar-refractivity contribution in [3.05, 3.63) is 84.3 Å². The van der Waals surface area contributed by atoms with Gasteiger partial charge < -0.3 is 9.84 Å². The average molecular weight is 452 g/mol. The lowest BCUT2D eigenvalue weighted by atomic mass is 10.1. The van der Waals surface area contributed by atoms with Crippen LogP contribution in [0.3, 0.4) is 0 Å². The van der Waals surface area contributed by atoms with Crippen molar-refractivity contribution in [1.29, 1.82) is 0 Å². The van der Waals surface area contributed by atoms with Crippen LogP contribution in [-0.2, 0) is 6.54 Å². The summed E-state index contributed by atoms with van der Waals surface area (Å²) < 4.78 is 21.8. The van der Waals surface area contributed by atoms with Crippen LogP contribution in [0.1, 0.15) is 37.9 Å². The molecule has 0 fully saturated rings. The van der Waals surface area contributed by atoms with Crippen LogP contribution >= 0.6 is 0 Å². The molecule has 3 aromatic rings. The summed E-state index contributed by atoms with van der Waals surface area (Å²) in [6, 6.07) is 15.9. The minimum Gasteiger partial charge on any atom is -0.438 e. The fraction of sp³-hybridized carbons (Fsp3) is 0.370. The van der Waals surface area contributed by atoms with E-state index in [2.05, 4.69) is 25.3 Å². The Balaban J connectivity index is 1.97. The summed E-state index contributed by atoms with van der Waals surface area (Å²) in [5, 5.41) is 15.3. The Morgan fingerprint density at radius 1 is 1.15 bits per heavy atom. The predicted molar refractivity (Wildman–Crippen MR) is 130 cm³/mol. The molecule has 176 valence electrons. The Morgan fingerprint density at radius 3 is 2.58 bits per heavy atom. The van der Waals surface area contributed by atoms with E-state index in [1.165, 1.54) is 12.1 Å². The van der Waals surface area contributed by atoms with Gasteiger partial charge >= 0.3 is 0 Å². The molecule has 0 spiro atoms. The molecule has 1 atom stereocenters. The van der Waals surface area contributed by atoms with Gasteiger partial charge in [0, 0.05) is 25.7 Å². The molecule has 0 aliphatic carbocycles. The minimum atomic E-state index is -0.446. The largest absolute Gasteiger partial charge is 0.438 e. The first kappa shape index (κ1) is 24.7. The highest BCUT2D eigenvalue weighted by Gasteiger charge is 2.23. The third-order valence-electron chi connectivity index (χ3n) is 5.33. The molecular formula is C27H34FN3O2. The number of allylic oxidation sites excluding steroid dienone is 1. The van der Waals surface area contributed by atoms with Crippen LogP contribution in [0, 0.1) is 18.7 Å². The standard InChI is InChI=1S/C27H34FN3O2/c1-5-6-14-24(32)18-30(17-20(2)3)19-26-21(4)29-31(23-12-8-7-9-13-23)27(26)33-25-15-10-11-22(28)16-25/h5,7-13,15-16,20,24,32H,1,6,14,17-19H2,2-4H3. The number of halogens is 1. The van der Waals surface area contributed by atoms with Crippen LogP contribution < -0.4 is 4.74 Å². The topological polar surface area (TPSA) is 50.5 Å². The zero-order valence-corrected chi connectivity index (χ0v) is 19.7. The van der Waals surface area contributed by atoms with Crippen molar-refractivity contribution in [3.8, 4) is 17.3 Å². The van der Waals surface area contributed by atoms with Gasteiger partial charge in [-0.1, -0.05) is 44.2 Å². The average Bonchev–Trinajstić information content (AvgIpc) is 3.07. The number of benzene rings is 2. The molecular weight excluding hydrogens is 417 g/mol. The Morgan fingerprint density at radius 2 is 1.91 bits per heavy atom. The lowest BCUT2D eigenvalue weighted by molar-refractivity contribution is 0.0952. The number of aliphatic hydroxyl groups is 1. The Bertz CT molecular complexity index is 1030. The van der Waals surface area contributed by atoms with Crippen molar-refractivity contribution in [1.82, 2.24) is 14.7 Å². The Hall–Kier alpha value is -2.96. The van der Waals surface area contributed by atoms with Crippen LogP contribution in [0.2, 0.25) is 0 Å². The SMILES string of the molecule is C=CCCC(O)CN(Cc1c(C)nn(-c2ccccc2)c1Oc1cccc(F)c1)CC(C)C. The molecule has 2 aromatic carbocycles. The van der Waals surface area contributed by atoms with Gasteiger partial charge in [-0.25, -0.2) is 9.07 Å². The molecule has 0 radical (unpaired) electrons. The highest BCUT2D eigenvalue weighted by molar-refractivity contribution is 5.43. The molecule has 1 N–H and O–H groups in total. The van der Waals surface area contributed by atoms with Gasteiger partial charge in [0.2, 0.25) is 5.88 Å². The van der Waals surface area contributed by atoms with Crippen molar-refractivity contribution in [2.24, 2.45) is 5.92 Å². The van der Waals surface area contributed by atoms with Gasteiger partial charge in [0.25, 0.3) is 0 Å². The second-order valence-electron chi connectivity index (χ2n) is 8.78. The number of rotatable bonds is 12. The van der Waals surface area contributed by atoms with Gasteiger partial charge in [-0.15, -0.1) is 6.58 Å². The van der Waals surface area contributed by atoms with Crippen LogP contribution in [0.15, 0.2) is 67.3 Å². The zero-order valence-electron chi connectivity index (χ0n) is 19.7. The molecule has 0 saturated carbocycles. The number of para-hydroxylation sites is 1. The predicted octanol–water partition coefficient (Wildman–Crippen LogP) is 5.90. The molecule has 1 unspecified atom stereocenters. The van der Waals surface area contributed by atoms with E-state index in [4.69, 9.17) is 9.84 Å². The van der Waals surface area contributed by atoms with E-state index in [9.17, 15) is 9.50 Å². The summed E-state index contributed by atoms with van der Waals surface area (Å²) in [5.74, 6) is 1.03. The lowest BCUT2D eigenvalue weighted by Gasteiger charge is -2.27. The van der Waals surface area contributed by atoms with Gasteiger partial charge in [-0.3, -0.25) is 4.90 Å². The van der Waals surface area contributed by atoms with E-state index in [0.29, 0.717) is 37.1 Å². The van der Waals surface area contributed by atoms with Crippen LogP contribution in [0.25, 0.3) is 5.69 Å². The second kappa shape index (κ2) is 11.8. The normalized spacial score (nSPS) is 12.3. The first-order valence-electron chi connectivity index (χ1n) is 11.5. The number of aryl methyl sites for hydroxylation is 1. The summed E-state index contributed by atoms with van der Waals surface area (Å²) in [7, 11) is 0. The fourth-order valence-electron chi connectivity index (χ4n) is 3.85. The smallest absolute Gasteiger partial charge is 0.227 e. The van der Waals surface area contributed by atoms with E-state index < -0.39 is 6.10 Å². The van der Waals surface area contributed by atoms with Crippen molar-refractivity contribution in [3.63, 3.8) is 0 Å². The zero-order chi connectivity index (χ0) is 23.8. The molecule has 0 amide bonds. The third kappa shape index (κ3) is 7.01. The molecule has 5 nitrogen and oxygen atoms in total. The number of aliphatic hydroxyl groups excluding tert-OH is 1. The third-order valence-corrected chi connectivity index (χ3v) is 5.33. The first-order valence-corrected chi connectivity index (χ1v) is 11.5. The van der Waals surface area contributed by atoms with Crippen molar-refractivity contribution in [2.75, 3.05) is 13.1 Å². The molecule has 33 heavy (non-hydrogen) atoms. The van der Waals surface area contributed by atoms with Gasteiger partial charge in [0.1, 0.15) is 11.6 Å². The molecule has 0 saturated heterocycles. The fourth-order valence-corrected chi connectivity index (χ4v) is 3.85. The van der Waals surface area contributed by atoms with E-state index in [0.717, 1.165) is 29.9 Å². The van der Waals surface area contributed by atoms with Gasteiger partial charge in [0.15, 0.2) is 0 Å². The van der Waals surface area contributed by atoms with Crippen LogP contribution in [0.5, 0.6) is 11.6 Å². The van der Waals surface area contributed by atoms with Crippen molar-refractivity contribution in [2.45, 2.75) is 46.3 Å². The van der Waals surface area contributed by atoms with E-state index in [-0.39, 0.29) is 5.82 Å². The minimum absolute atomic E-state index is 0.358. The molecule has 0 aliphatic rings. The maximum absolute atomic E-state index is 13.9. The lowest BCUT2D eigenvalue weighted by Crippen LogP contribution is -2.35. The number of nitrogens with zero attached hydrogens (tertiary/aromatic N) is 3. The van der Waals surface area contributed by atoms with Crippen molar-refractivity contribution >= 4 is 0 Å². The quantitative estimate of drug-likeness (QED) is 0.349. The number of aromatic nitrogens is 2. The molecule has 0 bridgehead atoms. The Kier molecular flexibility index (Phi) is 8.80.